The van der Waals surface area contributed by atoms with Crippen LogP contribution < -0.4 is 0 Å². The van der Waals surface area contributed by atoms with Gasteiger partial charge in [0, 0.05) is 33.3 Å². The van der Waals surface area contributed by atoms with Crippen LogP contribution in [0, 0.1) is 27.7 Å². The molecule has 0 aliphatic rings. The zero-order chi connectivity index (χ0) is 17.3. The SMILES string of the molecule is Cc1ccc(N=Cc2cc(C)n(-c3ccc(Br)cc3)c2C)c(C)c1. The fraction of sp³-hybridized carbons (Fsp3) is 0.190. The van der Waals surface area contributed by atoms with Crippen molar-refractivity contribution in [1.82, 2.24) is 4.57 Å². The maximum Gasteiger partial charge on any atom is 0.0659 e. The minimum Gasteiger partial charge on any atom is -0.318 e. The van der Waals surface area contributed by atoms with E-state index in [0.29, 0.717) is 0 Å². The third-order valence-corrected chi connectivity index (χ3v) is 4.78. The largest absolute Gasteiger partial charge is 0.318 e. The Labute approximate surface area is 152 Å². The summed E-state index contributed by atoms with van der Waals surface area (Å²) in [6.45, 7) is 8.47. The van der Waals surface area contributed by atoms with Gasteiger partial charge in [0.1, 0.15) is 0 Å². The maximum absolute atomic E-state index is 4.69. The highest BCUT2D eigenvalue weighted by Gasteiger charge is 2.09. The third-order valence-electron chi connectivity index (χ3n) is 4.25. The molecule has 0 unspecified atom stereocenters. The normalized spacial score (nSPS) is 11.4. The van der Waals surface area contributed by atoms with Crippen molar-refractivity contribution in [2.24, 2.45) is 4.99 Å². The topological polar surface area (TPSA) is 17.3 Å². The summed E-state index contributed by atoms with van der Waals surface area (Å²) in [6.07, 6.45) is 1.97. The molecular formula is C21H21BrN2. The first-order chi connectivity index (χ1) is 11.5. The summed E-state index contributed by atoms with van der Waals surface area (Å²) in [5.41, 5.74) is 8.21. The van der Waals surface area contributed by atoms with Crippen LogP contribution in [-0.2, 0) is 0 Å². The fourth-order valence-corrected chi connectivity index (χ4v) is 3.26. The van der Waals surface area contributed by atoms with E-state index in [-0.39, 0.29) is 0 Å². The average Bonchev–Trinajstić information content (AvgIpc) is 2.82. The number of halogens is 1. The molecule has 0 aliphatic heterocycles. The van der Waals surface area contributed by atoms with Crippen LogP contribution in [0.5, 0.6) is 0 Å². The molecule has 1 heterocycles. The number of aromatic nitrogens is 1. The van der Waals surface area contributed by atoms with Gasteiger partial charge < -0.3 is 4.57 Å². The minimum absolute atomic E-state index is 1.02. The standard InChI is InChI=1S/C21H21BrN2/c1-14-5-10-21(15(2)11-14)23-13-18-12-16(3)24(17(18)4)20-8-6-19(22)7-9-20/h5-13H,1-4H3. The van der Waals surface area contributed by atoms with Crippen LogP contribution in [0.25, 0.3) is 5.69 Å². The summed E-state index contributed by atoms with van der Waals surface area (Å²) in [4.78, 5) is 4.69. The molecular weight excluding hydrogens is 360 g/mol. The monoisotopic (exact) mass is 380 g/mol. The van der Waals surface area contributed by atoms with Crippen molar-refractivity contribution >= 4 is 27.8 Å². The van der Waals surface area contributed by atoms with Crippen LogP contribution in [-0.4, -0.2) is 10.8 Å². The second-order valence-electron chi connectivity index (χ2n) is 6.19. The van der Waals surface area contributed by atoms with Gasteiger partial charge >= 0.3 is 0 Å². The molecule has 0 N–H and O–H groups in total. The Balaban J connectivity index is 1.97. The van der Waals surface area contributed by atoms with Gasteiger partial charge in [0.05, 0.1) is 5.69 Å². The maximum atomic E-state index is 4.69. The number of hydrogen-bond donors (Lipinski definition) is 0. The van der Waals surface area contributed by atoms with Gasteiger partial charge in [0.25, 0.3) is 0 Å². The Morgan fingerprint density at radius 2 is 1.62 bits per heavy atom. The van der Waals surface area contributed by atoms with Crippen molar-refractivity contribution < 1.29 is 0 Å². The smallest absolute Gasteiger partial charge is 0.0659 e. The van der Waals surface area contributed by atoms with Gasteiger partial charge in [0.15, 0.2) is 0 Å². The lowest BCUT2D eigenvalue weighted by Crippen LogP contribution is -1.99. The van der Waals surface area contributed by atoms with E-state index in [2.05, 4.69) is 96.7 Å². The molecule has 122 valence electrons. The van der Waals surface area contributed by atoms with Crippen molar-refractivity contribution in [2.75, 3.05) is 0 Å². The number of hydrogen-bond acceptors (Lipinski definition) is 1. The van der Waals surface area contributed by atoms with E-state index in [1.165, 1.54) is 28.2 Å². The van der Waals surface area contributed by atoms with Crippen molar-refractivity contribution in [2.45, 2.75) is 27.7 Å². The Morgan fingerprint density at radius 1 is 0.917 bits per heavy atom. The summed E-state index contributed by atoms with van der Waals surface area (Å²) in [5, 5.41) is 0. The Bertz CT molecular complexity index is 902. The average molecular weight is 381 g/mol. The zero-order valence-corrected chi connectivity index (χ0v) is 16.1. The van der Waals surface area contributed by atoms with E-state index >= 15 is 0 Å². The van der Waals surface area contributed by atoms with Crippen molar-refractivity contribution in [3.63, 3.8) is 0 Å². The minimum atomic E-state index is 1.02. The Hall–Kier alpha value is -2.13. The summed E-state index contributed by atoms with van der Waals surface area (Å²) in [7, 11) is 0. The molecule has 3 aromatic rings. The Morgan fingerprint density at radius 3 is 2.29 bits per heavy atom. The van der Waals surface area contributed by atoms with Gasteiger partial charge in [-0.15, -0.1) is 0 Å². The molecule has 2 nitrogen and oxygen atoms in total. The van der Waals surface area contributed by atoms with Crippen LogP contribution in [0.15, 0.2) is 58.0 Å². The molecule has 0 atom stereocenters. The highest BCUT2D eigenvalue weighted by atomic mass is 79.9. The molecule has 24 heavy (non-hydrogen) atoms. The van der Waals surface area contributed by atoms with E-state index in [4.69, 9.17) is 4.99 Å². The molecule has 0 saturated heterocycles. The molecule has 0 saturated carbocycles. The molecule has 0 radical (unpaired) electrons. The molecule has 1 aromatic heterocycles. The predicted molar refractivity (Wildman–Crippen MR) is 106 cm³/mol. The van der Waals surface area contributed by atoms with Crippen LogP contribution in [0.1, 0.15) is 28.1 Å². The van der Waals surface area contributed by atoms with Crippen molar-refractivity contribution in [3.8, 4) is 5.69 Å². The molecule has 2 aromatic carbocycles. The van der Waals surface area contributed by atoms with E-state index in [1.54, 1.807) is 0 Å². The van der Waals surface area contributed by atoms with Gasteiger partial charge in [-0.25, -0.2) is 0 Å². The van der Waals surface area contributed by atoms with E-state index in [9.17, 15) is 0 Å². The molecule has 3 rings (SSSR count). The van der Waals surface area contributed by atoms with Crippen LogP contribution in [0.2, 0.25) is 0 Å². The molecule has 3 heteroatoms. The summed E-state index contributed by atoms with van der Waals surface area (Å²) in [6, 6.07) is 16.9. The fourth-order valence-electron chi connectivity index (χ4n) is 3.00. The van der Waals surface area contributed by atoms with Crippen molar-refractivity contribution in [1.29, 1.82) is 0 Å². The lowest BCUT2D eigenvalue weighted by atomic mass is 10.1. The number of benzene rings is 2. The van der Waals surface area contributed by atoms with Gasteiger partial charge in [-0.1, -0.05) is 33.6 Å². The highest BCUT2D eigenvalue weighted by Crippen LogP contribution is 2.23. The zero-order valence-electron chi connectivity index (χ0n) is 14.5. The number of aliphatic imine (C=N–C) groups is 1. The molecule has 0 fully saturated rings. The van der Waals surface area contributed by atoms with E-state index in [1.807, 2.05) is 6.21 Å². The number of rotatable bonds is 3. The van der Waals surface area contributed by atoms with E-state index < -0.39 is 0 Å². The lowest BCUT2D eigenvalue weighted by molar-refractivity contribution is 0.964. The first-order valence-electron chi connectivity index (χ1n) is 8.02. The second kappa shape index (κ2) is 6.78. The number of nitrogens with zero attached hydrogens (tertiary/aromatic N) is 2. The molecule has 0 bridgehead atoms. The van der Waals surface area contributed by atoms with Gasteiger partial charge in [-0.05, 0) is 69.7 Å². The van der Waals surface area contributed by atoms with Crippen molar-refractivity contribution in [3.05, 3.63) is 81.1 Å². The van der Waals surface area contributed by atoms with Crippen LogP contribution in [0.4, 0.5) is 5.69 Å². The Kier molecular flexibility index (Phi) is 4.72. The molecule has 0 aliphatic carbocycles. The molecule has 0 amide bonds. The van der Waals surface area contributed by atoms with Gasteiger partial charge in [0.2, 0.25) is 0 Å². The quantitative estimate of drug-likeness (QED) is 0.479. The molecule has 0 spiro atoms. The first-order valence-corrected chi connectivity index (χ1v) is 8.81. The van der Waals surface area contributed by atoms with Crippen LogP contribution in [0.3, 0.4) is 0 Å². The second-order valence-corrected chi connectivity index (χ2v) is 7.10. The summed E-state index contributed by atoms with van der Waals surface area (Å²) >= 11 is 3.49. The van der Waals surface area contributed by atoms with Gasteiger partial charge in [-0.3, -0.25) is 4.99 Å². The van der Waals surface area contributed by atoms with Gasteiger partial charge in [-0.2, -0.15) is 0 Å². The highest BCUT2D eigenvalue weighted by molar-refractivity contribution is 9.10. The third kappa shape index (κ3) is 3.36. The summed E-state index contributed by atoms with van der Waals surface area (Å²) < 4.78 is 3.35. The lowest BCUT2D eigenvalue weighted by Gasteiger charge is -2.09. The predicted octanol–water partition coefficient (Wildman–Crippen LogP) is 6.22. The number of aryl methyl sites for hydroxylation is 3. The summed E-state index contributed by atoms with van der Waals surface area (Å²) in [5.74, 6) is 0. The first kappa shape index (κ1) is 16.7. The van der Waals surface area contributed by atoms with Crippen LogP contribution >= 0.6 is 15.9 Å². The van der Waals surface area contributed by atoms with E-state index in [0.717, 1.165) is 15.7 Å².